The van der Waals surface area contributed by atoms with Crippen molar-refractivity contribution < 1.29 is 4.79 Å². The molecular formula is C15H22N6O2. The number of nitrogens with one attached hydrogen (secondary N) is 1. The average molecular weight is 318 g/mol. The topological polar surface area (TPSA) is 94.7 Å². The Hall–Kier alpha value is -2.51. The Kier molecular flexibility index (Phi) is 5.25. The lowest BCUT2D eigenvalue weighted by atomic mass is 10.2. The molecule has 0 aliphatic carbocycles. The molecule has 0 saturated heterocycles. The Morgan fingerprint density at radius 3 is 2.78 bits per heavy atom. The Labute approximate surface area is 134 Å². The number of aryl methyl sites for hydroxylation is 3. The number of amides is 1. The van der Waals surface area contributed by atoms with Crippen molar-refractivity contribution in [3.8, 4) is 0 Å². The van der Waals surface area contributed by atoms with E-state index in [1.807, 2.05) is 20.8 Å². The number of rotatable bonds is 6. The first-order valence-electron chi connectivity index (χ1n) is 7.64. The lowest BCUT2D eigenvalue weighted by Crippen LogP contribution is -2.36. The monoisotopic (exact) mass is 318 g/mol. The molecule has 1 N–H and O–H groups in total. The molecule has 124 valence electrons. The summed E-state index contributed by atoms with van der Waals surface area (Å²) in [6.07, 6.45) is 2.40. The average Bonchev–Trinajstić information content (AvgIpc) is 2.93. The Morgan fingerprint density at radius 1 is 1.35 bits per heavy atom. The normalized spacial score (nSPS) is 12.2. The quantitative estimate of drug-likeness (QED) is 0.847. The number of hydrogen-bond donors (Lipinski definition) is 1. The Morgan fingerprint density at radius 2 is 2.09 bits per heavy atom. The van der Waals surface area contributed by atoms with E-state index in [1.54, 1.807) is 11.6 Å². The van der Waals surface area contributed by atoms with Gasteiger partial charge in [0.1, 0.15) is 18.7 Å². The van der Waals surface area contributed by atoms with Gasteiger partial charge in [-0.25, -0.2) is 14.3 Å². The SMILES string of the molecule is CCCn1ncnc1[C@@H](C)NC(=O)Cn1nc(C)c(C)cc1=O. The van der Waals surface area contributed by atoms with Crippen molar-refractivity contribution in [3.63, 3.8) is 0 Å². The molecule has 0 unspecified atom stereocenters. The first kappa shape index (κ1) is 16.9. The van der Waals surface area contributed by atoms with Gasteiger partial charge in [-0.2, -0.15) is 10.2 Å². The fourth-order valence-electron chi connectivity index (χ4n) is 2.27. The van der Waals surface area contributed by atoms with Crippen LogP contribution in [0.5, 0.6) is 0 Å². The molecule has 0 aliphatic heterocycles. The highest BCUT2D eigenvalue weighted by Gasteiger charge is 2.16. The summed E-state index contributed by atoms with van der Waals surface area (Å²) in [5.74, 6) is 0.405. The highest BCUT2D eigenvalue weighted by Crippen LogP contribution is 2.08. The maximum atomic E-state index is 12.2. The van der Waals surface area contributed by atoms with Crippen LogP contribution in [0.15, 0.2) is 17.2 Å². The highest BCUT2D eigenvalue weighted by molar-refractivity contribution is 5.75. The molecule has 0 saturated carbocycles. The lowest BCUT2D eigenvalue weighted by molar-refractivity contribution is -0.122. The molecule has 2 rings (SSSR count). The lowest BCUT2D eigenvalue weighted by Gasteiger charge is -2.15. The molecule has 0 spiro atoms. The largest absolute Gasteiger partial charge is 0.345 e. The first-order chi connectivity index (χ1) is 10.9. The van der Waals surface area contributed by atoms with E-state index in [-0.39, 0.29) is 24.1 Å². The van der Waals surface area contributed by atoms with E-state index in [1.165, 1.54) is 17.1 Å². The molecular weight excluding hydrogens is 296 g/mol. The number of hydrogen-bond acceptors (Lipinski definition) is 5. The van der Waals surface area contributed by atoms with E-state index in [9.17, 15) is 9.59 Å². The van der Waals surface area contributed by atoms with Crippen LogP contribution in [0.2, 0.25) is 0 Å². The summed E-state index contributed by atoms with van der Waals surface area (Å²) in [6.45, 7) is 8.13. The maximum absolute atomic E-state index is 12.2. The van der Waals surface area contributed by atoms with Crippen molar-refractivity contribution in [2.45, 2.75) is 53.2 Å². The first-order valence-corrected chi connectivity index (χ1v) is 7.64. The van der Waals surface area contributed by atoms with Crippen LogP contribution in [-0.4, -0.2) is 30.5 Å². The summed E-state index contributed by atoms with van der Waals surface area (Å²) in [4.78, 5) is 28.2. The molecule has 0 bridgehead atoms. The van der Waals surface area contributed by atoms with Crippen molar-refractivity contribution in [3.05, 3.63) is 39.8 Å². The predicted octanol–water partition coefficient (Wildman–Crippen LogP) is 0.739. The van der Waals surface area contributed by atoms with Crippen LogP contribution in [0, 0.1) is 13.8 Å². The van der Waals surface area contributed by atoms with E-state index >= 15 is 0 Å². The van der Waals surface area contributed by atoms with E-state index in [2.05, 4.69) is 20.5 Å². The van der Waals surface area contributed by atoms with Crippen molar-refractivity contribution in [1.29, 1.82) is 0 Å². The van der Waals surface area contributed by atoms with Crippen LogP contribution in [0.1, 0.15) is 43.4 Å². The summed E-state index contributed by atoms with van der Waals surface area (Å²) >= 11 is 0. The molecule has 0 aliphatic rings. The van der Waals surface area contributed by atoms with Gasteiger partial charge in [0.15, 0.2) is 0 Å². The van der Waals surface area contributed by atoms with Gasteiger partial charge >= 0.3 is 0 Å². The second-order valence-corrected chi connectivity index (χ2v) is 5.54. The minimum atomic E-state index is -0.293. The van der Waals surface area contributed by atoms with Crippen LogP contribution in [-0.2, 0) is 17.9 Å². The number of nitrogens with zero attached hydrogens (tertiary/aromatic N) is 5. The third kappa shape index (κ3) is 4.02. The number of carbonyl (C=O) groups is 1. The van der Waals surface area contributed by atoms with Crippen LogP contribution in [0.3, 0.4) is 0 Å². The molecule has 8 nitrogen and oxygen atoms in total. The maximum Gasteiger partial charge on any atom is 0.267 e. The van der Waals surface area contributed by atoms with Gasteiger partial charge in [-0.1, -0.05) is 6.92 Å². The van der Waals surface area contributed by atoms with E-state index in [4.69, 9.17) is 0 Å². The second-order valence-electron chi connectivity index (χ2n) is 5.54. The molecule has 0 radical (unpaired) electrons. The van der Waals surface area contributed by atoms with Crippen molar-refractivity contribution in [1.82, 2.24) is 29.9 Å². The van der Waals surface area contributed by atoms with Gasteiger partial charge in [-0.15, -0.1) is 0 Å². The van der Waals surface area contributed by atoms with Gasteiger partial charge in [0.25, 0.3) is 5.56 Å². The molecule has 2 aromatic heterocycles. The fraction of sp³-hybridized carbons (Fsp3) is 0.533. The summed E-state index contributed by atoms with van der Waals surface area (Å²) in [6, 6.07) is 1.19. The van der Waals surface area contributed by atoms with E-state index in [0.29, 0.717) is 5.82 Å². The van der Waals surface area contributed by atoms with Crippen LogP contribution in [0.25, 0.3) is 0 Å². The zero-order chi connectivity index (χ0) is 17.0. The summed E-state index contributed by atoms with van der Waals surface area (Å²) in [5, 5.41) is 11.1. The Balaban J connectivity index is 2.06. The van der Waals surface area contributed by atoms with E-state index in [0.717, 1.165) is 24.2 Å². The highest BCUT2D eigenvalue weighted by atomic mass is 16.2. The second kappa shape index (κ2) is 7.17. The van der Waals surface area contributed by atoms with Gasteiger partial charge in [0.2, 0.25) is 5.91 Å². The van der Waals surface area contributed by atoms with Gasteiger partial charge in [-0.05, 0) is 32.8 Å². The zero-order valence-electron chi connectivity index (χ0n) is 13.9. The van der Waals surface area contributed by atoms with Gasteiger partial charge in [0, 0.05) is 12.6 Å². The summed E-state index contributed by atoms with van der Waals surface area (Å²) in [7, 11) is 0. The van der Waals surface area contributed by atoms with Gasteiger partial charge < -0.3 is 5.32 Å². The Bertz CT molecular complexity index is 749. The fourth-order valence-corrected chi connectivity index (χ4v) is 2.27. The standard InChI is InChI=1S/C15H22N6O2/c1-5-6-20-15(16-9-17-20)12(4)18-13(22)8-21-14(23)7-10(2)11(3)19-21/h7,9,12H,5-6,8H2,1-4H3,(H,18,22)/t12-/m1/s1. The van der Waals surface area contributed by atoms with Crippen molar-refractivity contribution in [2.24, 2.45) is 0 Å². The van der Waals surface area contributed by atoms with Gasteiger partial charge in [0.05, 0.1) is 11.7 Å². The third-order valence-electron chi connectivity index (χ3n) is 3.57. The van der Waals surface area contributed by atoms with E-state index < -0.39 is 0 Å². The number of aromatic nitrogens is 5. The smallest absolute Gasteiger partial charge is 0.267 e. The van der Waals surface area contributed by atoms with Crippen LogP contribution < -0.4 is 10.9 Å². The third-order valence-corrected chi connectivity index (χ3v) is 3.57. The van der Waals surface area contributed by atoms with Crippen LogP contribution >= 0.6 is 0 Å². The molecule has 1 atom stereocenters. The molecule has 23 heavy (non-hydrogen) atoms. The van der Waals surface area contributed by atoms with Crippen molar-refractivity contribution >= 4 is 5.91 Å². The molecule has 2 aromatic rings. The molecule has 0 aromatic carbocycles. The molecule has 2 heterocycles. The van der Waals surface area contributed by atoms with Crippen LogP contribution in [0.4, 0.5) is 0 Å². The predicted molar refractivity (Wildman–Crippen MR) is 84.8 cm³/mol. The van der Waals surface area contributed by atoms with Crippen molar-refractivity contribution in [2.75, 3.05) is 0 Å². The molecule has 8 heteroatoms. The summed E-state index contributed by atoms with van der Waals surface area (Å²) in [5.41, 5.74) is 1.26. The zero-order valence-corrected chi connectivity index (χ0v) is 13.9. The summed E-state index contributed by atoms with van der Waals surface area (Å²) < 4.78 is 2.94. The molecule has 1 amide bonds. The van der Waals surface area contributed by atoms with Gasteiger partial charge in [-0.3, -0.25) is 9.59 Å². The minimum Gasteiger partial charge on any atom is -0.345 e. The number of carbonyl (C=O) groups excluding carboxylic acids is 1. The molecule has 0 fully saturated rings. The minimum absolute atomic E-state index is 0.119.